The summed E-state index contributed by atoms with van der Waals surface area (Å²) in [6.07, 6.45) is 1.67. The number of rotatable bonds is 5. The smallest absolute Gasteiger partial charge is 0.497 e. The van der Waals surface area contributed by atoms with Crippen LogP contribution in [0.5, 0.6) is 5.75 Å². The lowest BCUT2D eigenvalue weighted by atomic mass is 9.91. The Hall–Kier alpha value is -3.67. The maximum Gasteiger partial charge on any atom is 0.501 e. The Labute approximate surface area is 192 Å². The van der Waals surface area contributed by atoms with Crippen molar-refractivity contribution in [3.8, 4) is 5.75 Å². The van der Waals surface area contributed by atoms with Crippen LogP contribution in [0, 0.1) is 0 Å². The SMILES string of the molecule is COc1ccc2nccc(CC3(C)NC(=O)N(c4ccc(S(=O)(=O)C(F)(F)F)cc4)C3=O)c2c1. The number of urea groups is 1. The van der Waals surface area contributed by atoms with Crippen molar-refractivity contribution in [1.82, 2.24) is 10.3 Å². The minimum absolute atomic E-state index is 0.0615. The third-order valence-electron chi connectivity index (χ3n) is 5.55. The minimum Gasteiger partial charge on any atom is -0.497 e. The van der Waals surface area contributed by atoms with Crippen molar-refractivity contribution in [2.45, 2.75) is 29.3 Å². The van der Waals surface area contributed by atoms with Gasteiger partial charge in [0.1, 0.15) is 11.3 Å². The zero-order valence-corrected chi connectivity index (χ0v) is 18.7. The topological polar surface area (TPSA) is 106 Å². The van der Waals surface area contributed by atoms with Gasteiger partial charge in [-0.25, -0.2) is 18.1 Å². The average Bonchev–Trinajstić information content (AvgIpc) is 3.00. The number of nitrogens with one attached hydrogen (secondary N) is 1. The van der Waals surface area contributed by atoms with Crippen molar-refractivity contribution in [3.63, 3.8) is 0 Å². The van der Waals surface area contributed by atoms with Gasteiger partial charge in [0.25, 0.3) is 15.7 Å². The van der Waals surface area contributed by atoms with Crippen LogP contribution < -0.4 is 15.0 Å². The fraction of sp³-hybridized carbons (Fsp3) is 0.227. The van der Waals surface area contributed by atoms with Gasteiger partial charge in [-0.05, 0) is 61.0 Å². The molecule has 34 heavy (non-hydrogen) atoms. The molecule has 1 aliphatic heterocycles. The van der Waals surface area contributed by atoms with Crippen LogP contribution in [0.2, 0.25) is 0 Å². The Morgan fingerprint density at radius 3 is 2.38 bits per heavy atom. The lowest BCUT2D eigenvalue weighted by Gasteiger charge is -2.22. The van der Waals surface area contributed by atoms with E-state index >= 15 is 0 Å². The summed E-state index contributed by atoms with van der Waals surface area (Å²) in [5.74, 6) is -0.0546. The average molecular weight is 493 g/mol. The first-order chi connectivity index (χ1) is 15.9. The van der Waals surface area contributed by atoms with Crippen LogP contribution in [0.15, 0.2) is 59.6 Å². The Morgan fingerprint density at radius 2 is 1.76 bits per heavy atom. The van der Waals surface area contributed by atoms with E-state index in [9.17, 15) is 31.2 Å². The van der Waals surface area contributed by atoms with E-state index < -0.39 is 37.7 Å². The Bertz CT molecular complexity index is 1410. The zero-order chi connectivity index (χ0) is 24.9. The Morgan fingerprint density at radius 1 is 1.09 bits per heavy atom. The van der Waals surface area contributed by atoms with E-state index in [4.69, 9.17) is 4.74 Å². The number of imide groups is 1. The van der Waals surface area contributed by atoms with Crippen LogP contribution in [-0.2, 0) is 21.1 Å². The molecule has 1 unspecified atom stereocenters. The van der Waals surface area contributed by atoms with E-state index in [-0.39, 0.29) is 12.1 Å². The zero-order valence-electron chi connectivity index (χ0n) is 17.9. The second-order valence-corrected chi connectivity index (χ2v) is 9.82. The standard InChI is InChI=1S/C22H18F3N3O5S/c1-21(12-13-9-10-26-18-8-5-15(33-2)11-17(13)18)19(29)28(20(30)27-21)14-3-6-16(7-4-14)34(31,32)22(23,24)25/h3-11H,12H2,1-2H3,(H,27,30). The second-order valence-electron chi connectivity index (χ2n) is 7.88. The number of nitrogens with zero attached hydrogens (tertiary/aromatic N) is 2. The highest BCUT2D eigenvalue weighted by molar-refractivity contribution is 7.92. The molecule has 4 rings (SSSR count). The number of methoxy groups -OCH3 is 1. The number of ether oxygens (including phenoxy) is 1. The molecule has 0 bridgehead atoms. The van der Waals surface area contributed by atoms with Gasteiger partial charge in [-0.2, -0.15) is 13.2 Å². The molecule has 1 atom stereocenters. The first-order valence-corrected chi connectivity index (χ1v) is 11.4. The van der Waals surface area contributed by atoms with Gasteiger partial charge in [0.2, 0.25) is 0 Å². The predicted molar refractivity (Wildman–Crippen MR) is 116 cm³/mol. The first-order valence-electron chi connectivity index (χ1n) is 9.87. The van der Waals surface area contributed by atoms with Crippen molar-refractivity contribution < 1.29 is 35.9 Å². The summed E-state index contributed by atoms with van der Waals surface area (Å²) < 4.78 is 66.8. The van der Waals surface area contributed by atoms with Gasteiger partial charge in [0, 0.05) is 18.0 Å². The van der Waals surface area contributed by atoms with Crippen LogP contribution in [-0.4, -0.2) is 43.5 Å². The molecule has 0 aliphatic carbocycles. The molecule has 1 saturated heterocycles. The van der Waals surface area contributed by atoms with Crippen molar-refractivity contribution in [3.05, 3.63) is 60.3 Å². The summed E-state index contributed by atoms with van der Waals surface area (Å²) in [6.45, 7) is 1.53. The van der Waals surface area contributed by atoms with E-state index in [1.165, 1.54) is 14.0 Å². The van der Waals surface area contributed by atoms with Gasteiger partial charge in [0.15, 0.2) is 0 Å². The molecule has 0 spiro atoms. The molecule has 3 aromatic rings. The van der Waals surface area contributed by atoms with Crippen LogP contribution in [0.3, 0.4) is 0 Å². The fourth-order valence-corrected chi connectivity index (χ4v) is 4.55. The van der Waals surface area contributed by atoms with Crippen molar-refractivity contribution in [2.75, 3.05) is 12.0 Å². The van der Waals surface area contributed by atoms with E-state index in [1.54, 1.807) is 30.5 Å². The number of halogens is 3. The van der Waals surface area contributed by atoms with Gasteiger partial charge in [-0.1, -0.05) is 0 Å². The molecule has 0 saturated carbocycles. The minimum atomic E-state index is -5.55. The number of hydrogen-bond donors (Lipinski definition) is 1. The summed E-state index contributed by atoms with van der Waals surface area (Å²) in [6, 6.07) is 9.57. The third-order valence-corrected chi connectivity index (χ3v) is 7.06. The molecule has 1 N–H and O–H groups in total. The highest BCUT2D eigenvalue weighted by Crippen LogP contribution is 2.34. The molecule has 1 aromatic heterocycles. The van der Waals surface area contributed by atoms with Crippen molar-refractivity contribution in [1.29, 1.82) is 0 Å². The van der Waals surface area contributed by atoms with Crippen LogP contribution in [0.4, 0.5) is 23.7 Å². The Balaban J connectivity index is 1.65. The van der Waals surface area contributed by atoms with Gasteiger partial charge < -0.3 is 10.1 Å². The fourth-order valence-electron chi connectivity index (χ4n) is 3.79. The summed E-state index contributed by atoms with van der Waals surface area (Å²) in [4.78, 5) is 30.0. The summed E-state index contributed by atoms with van der Waals surface area (Å²) >= 11 is 0. The molecule has 1 fully saturated rings. The Kier molecular flexibility index (Phi) is 5.51. The summed E-state index contributed by atoms with van der Waals surface area (Å²) in [7, 11) is -4.04. The number of carbonyl (C=O) groups is 2. The molecule has 0 radical (unpaired) electrons. The second kappa shape index (κ2) is 7.97. The molecule has 2 aromatic carbocycles. The van der Waals surface area contributed by atoms with Crippen LogP contribution in [0.25, 0.3) is 10.9 Å². The number of benzene rings is 2. The number of hydrogen-bond acceptors (Lipinski definition) is 6. The predicted octanol–water partition coefficient (Wildman–Crippen LogP) is 3.59. The number of aromatic nitrogens is 1. The number of fused-ring (bicyclic) bond motifs is 1. The van der Waals surface area contributed by atoms with Gasteiger partial charge in [0.05, 0.1) is 23.2 Å². The number of pyridine rings is 1. The van der Waals surface area contributed by atoms with Crippen molar-refractivity contribution >= 4 is 38.4 Å². The highest BCUT2D eigenvalue weighted by Gasteiger charge is 2.49. The summed E-state index contributed by atoms with van der Waals surface area (Å²) in [5.41, 5.74) is -5.52. The molecule has 3 amide bonds. The molecule has 12 heteroatoms. The van der Waals surface area contributed by atoms with Gasteiger partial charge in [-0.15, -0.1) is 0 Å². The molecular formula is C22H18F3N3O5S. The molecule has 178 valence electrons. The van der Waals surface area contributed by atoms with Crippen LogP contribution in [0.1, 0.15) is 12.5 Å². The van der Waals surface area contributed by atoms with Gasteiger partial charge in [-0.3, -0.25) is 9.78 Å². The number of sulfone groups is 1. The monoisotopic (exact) mass is 493 g/mol. The lowest BCUT2D eigenvalue weighted by molar-refractivity contribution is -0.121. The van der Waals surface area contributed by atoms with Gasteiger partial charge >= 0.3 is 11.5 Å². The lowest BCUT2D eigenvalue weighted by Crippen LogP contribution is -2.46. The number of alkyl halides is 3. The van der Waals surface area contributed by atoms with E-state index in [2.05, 4.69) is 10.3 Å². The van der Waals surface area contributed by atoms with E-state index in [0.29, 0.717) is 29.0 Å². The van der Waals surface area contributed by atoms with E-state index in [1.807, 2.05) is 0 Å². The maximum atomic E-state index is 13.2. The maximum absolute atomic E-state index is 13.2. The molecule has 8 nitrogen and oxygen atoms in total. The normalized spacial score (nSPS) is 18.9. The largest absolute Gasteiger partial charge is 0.501 e. The quantitative estimate of drug-likeness (QED) is 0.545. The molecule has 2 heterocycles. The number of carbonyl (C=O) groups excluding carboxylic acids is 2. The van der Waals surface area contributed by atoms with Crippen molar-refractivity contribution in [2.24, 2.45) is 0 Å². The van der Waals surface area contributed by atoms with E-state index in [0.717, 1.165) is 22.4 Å². The number of anilines is 1. The molecular weight excluding hydrogens is 475 g/mol. The summed E-state index contributed by atoms with van der Waals surface area (Å²) in [5, 5.41) is 3.35. The number of amides is 3. The van der Waals surface area contributed by atoms with Crippen LogP contribution >= 0.6 is 0 Å². The third kappa shape index (κ3) is 3.83. The first kappa shape index (κ1) is 23.5. The molecule has 1 aliphatic rings. The highest BCUT2D eigenvalue weighted by atomic mass is 32.2.